The molecule has 0 amide bonds. The molecule has 2 aliphatic rings. The summed E-state index contributed by atoms with van der Waals surface area (Å²) in [6.45, 7) is 12.3. The molecule has 1 saturated carbocycles. The average Bonchev–Trinajstić information content (AvgIpc) is 2.20. The Morgan fingerprint density at radius 2 is 2.06 bits per heavy atom. The van der Waals surface area contributed by atoms with Gasteiger partial charge in [-0.2, -0.15) is 0 Å². The van der Waals surface area contributed by atoms with Crippen molar-refractivity contribution in [2.75, 3.05) is 6.61 Å². The number of hydrogen-bond donors (Lipinski definition) is 0. The van der Waals surface area contributed by atoms with E-state index in [2.05, 4.69) is 27.4 Å². The summed E-state index contributed by atoms with van der Waals surface area (Å²) in [6, 6.07) is 0. The minimum absolute atomic E-state index is 0.448. The van der Waals surface area contributed by atoms with Gasteiger partial charge in [-0.1, -0.05) is 26.0 Å². The van der Waals surface area contributed by atoms with Crippen LogP contribution in [0.15, 0.2) is 12.2 Å². The summed E-state index contributed by atoms with van der Waals surface area (Å²) < 4.78 is 5.80. The highest BCUT2D eigenvalue weighted by Crippen LogP contribution is 2.56. The molecule has 0 N–H and O–H groups in total. The first-order valence-corrected chi connectivity index (χ1v) is 6.80. The van der Waals surface area contributed by atoms with Crippen LogP contribution in [0.2, 0.25) is 0 Å². The van der Waals surface area contributed by atoms with Crippen LogP contribution >= 0.6 is 0 Å². The van der Waals surface area contributed by atoms with Crippen molar-refractivity contribution >= 4 is 0 Å². The molecule has 1 aliphatic carbocycles. The molecule has 1 nitrogen and oxygen atoms in total. The molecule has 3 atom stereocenters. The van der Waals surface area contributed by atoms with Gasteiger partial charge in [-0.3, -0.25) is 0 Å². The summed E-state index contributed by atoms with van der Waals surface area (Å²) in [4.78, 5) is 0. The molecule has 16 heavy (non-hydrogen) atoms. The molecule has 0 aromatic rings. The summed E-state index contributed by atoms with van der Waals surface area (Å²) in [7, 11) is 0. The monoisotopic (exact) mass is 222 g/mol. The zero-order valence-electron chi connectivity index (χ0n) is 11.1. The molecule has 0 aromatic heterocycles. The lowest BCUT2D eigenvalue weighted by molar-refractivity contribution is -0.0222. The SMILES string of the molecule is C=C1CCCO[C@H](C)CCC2C1CC2(C)C. The second-order valence-electron chi connectivity index (χ2n) is 6.43. The Labute approximate surface area is 100 Å². The minimum Gasteiger partial charge on any atom is -0.378 e. The average molecular weight is 222 g/mol. The highest BCUT2D eigenvalue weighted by molar-refractivity contribution is 5.13. The zero-order chi connectivity index (χ0) is 11.8. The van der Waals surface area contributed by atoms with Gasteiger partial charge in [0.15, 0.2) is 0 Å². The van der Waals surface area contributed by atoms with E-state index in [1.54, 1.807) is 0 Å². The predicted molar refractivity (Wildman–Crippen MR) is 68.4 cm³/mol. The maximum atomic E-state index is 5.80. The summed E-state index contributed by atoms with van der Waals surface area (Å²) in [5.74, 6) is 1.66. The van der Waals surface area contributed by atoms with Gasteiger partial charge in [0, 0.05) is 6.61 Å². The lowest BCUT2D eigenvalue weighted by atomic mass is 9.52. The topological polar surface area (TPSA) is 9.23 Å². The van der Waals surface area contributed by atoms with Crippen molar-refractivity contribution in [2.45, 2.75) is 59.0 Å². The lowest BCUT2D eigenvalue weighted by Crippen LogP contribution is -2.45. The molecule has 0 bridgehead atoms. The Kier molecular flexibility index (Phi) is 3.44. The normalized spacial score (nSPS) is 39.7. The van der Waals surface area contributed by atoms with Crippen molar-refractivity contribution in [3.8, 4) is 0 Å². The van der Waals surface area contributed by atoms with Gasteiger partial charge in [-0.15, -0.1) is 0 Å². The Morgan fingerprint density at radius 1 is 1.31 bits per heavy atom. The maximum Gasteiger partial charge on any atom is 0.0547 e. The van der Waals surface area contributed by atoms with E-state index >= 15 is 0 Å². The van der Waals surface area contributed by atoms with Crippen molar-refractivity contribution in [3.05, 3.63) is 12.2 Å². The number of rotatable bonds is 0. The van der Waals surface area contributed by atoms with E-state index in [-0.39, 0.29) is 0 Å². The van der Waals surface area contributed by atoms with Crippen LogP contribution in [0.4, 0.5) is 0 Å². The first-order chi connectivity index (χ1) is 7.50. The molecule has 0 aromatic carbocycles. The van der Waals surface area contributed by atoms with Crippen molar-refractivity contribution in [1.82, 2.24) is 0 Å². The van der Waals surface area contributed by atoms with Gasteiger partial charge < -0.3 is 4.74 Å². The highest BCUT2D eigenvalue weighted by Gasteiger charge is 2.47. The molecular weight excluding hydrogens is 196 g/mol. The third kappa shape index (κ3) is 2.34. The second-order valence-corrected chi connectivity index (χ2v) is 6.43. The number of hydrogen-bond acceptors (Lipinski definition) is 1. The number of ether oxygens (including phenoxy) is 1. The van der Waals surface area contributed by atoms with Crippen LogP contribution in [-0.4, -0.2) is 12.7 Å². The largest absolute Gasteiger partial charge is 0.378 e. The van der Waals surface area contributed by atoms with E-state index in [4.69, 9.17) is 4.74 Å². The van der Waals surface area contributed by atoms with Crippen molar-refractivity contribution in [2.24, 2.45) is 17.3 Å². The Morgan fingerprint density at radius 3 is 2.75 bits per heavy atom. The predicted octanol–water partition coefficient (Wildman–Crippen LogP) is 4.18. The van der Waals surface area contributed by atoms with Gasteiger partial charge in [-0.05, 0) is 56.3 Å². The lowest BCUT2D eigenvalue weighted by Gasteiger charge is -2.53. The molecule has 1 saturated heterocycles. The maximum absolute atomic E-state index is 5.80. The molecule has 1 aliphatic heterocycles. The van der Waals surface area contributed by atoms with Gasteiger partial charge in [0.05, 0.1) is 6.10 Å². The zero-order valence-corrected chi connectivity index (χ0v) is 11.1. The van der Waals surface area contributed by atoms with Crippen LogP contribution in [0.5, 0.6) is 0 Å². The molecule has 1 heteroatoms. The quantitative estimate of drug-likeness (QED) is 0.559. The number of allylic oxidation sites excluding steroid dienone is 1. The van der Waals surface area contributed by atoms with Crippen molar-refractivity contribution in [1.29, 1.82) is 0 Å². The van der Waals surface area contributed by atoms with E-state index in [9.17, 15) is 0 Å². The standard InChI is InChI=1S/C15H26O/c1-11-6-5-9-16-12(2)7-8-14-13(11)10-15(14,3)4/h12-14H,1,5-10H2,2-4H3/t12-,13?,14?/m1/s1. The Balaban J connectivity index is 2.02. The van der Waals surface area contributed by atoms with Gasteiger partial charge in [0.25, 0.3) is 0 Å². The van der Waals surface area contributed by atoms with E-state index in [0.717, 1.165) is 24.9 Å². The van der Waals surface area contributed by atoms with E-state index in [0.29, 0.717) is 11.5 Å². The third-order valence-corrected chi connectivity index (χ3v) is 4.69. The molecule has 0 radical (unpaired) electrons. The summed E-state index contributed by atoms with van der Waals surface area (Å²) in [6.07, 6.45) is 6.67. The molecule has 2 unspecified atom stereocenters. The van der Waals surface area contributed by atoms with Crippen LogP contribution in [0.25, 0.3) is 0 Å². The Bertz CT molecular complexity index is 267. The van der Waals surface area contributed by atoms with E-state index in [1.807, 2.05) is 0 Å². The summed E-state index contributed by atoms with van der Waals surface area (Å²) in [5, 5.41) is 0. The van der Waals surface area contributed by atoms with Crippen LogP contribution in [0.1, 0.15) is 52.9 Å². The smallest absolute Gasteiger partial charge is 0.0547 e. The van der Waals surface area contributed by atoms with Gasteiger partial charge in [-0.25, -0.2) is 0 Å². The van der Waals surface area contributed by atoms with Crippen molar-refractivity contribution in [3.63, 3.8) is 0 Å². The third-order valence-electron chi connectivity index (χ3n) is 4.69. The first-order valence-electron chi connectivity index (χ1n) is 6.80. The number of fused-ring (bicyclic) bond motifs is 1. The second kappa shape index (κ2) is 4.52. The summed E-state index contributed by atoms with van der Waals surface area (Å²) >= 11 is 0. The first kappa shape index (κ1) is 12.2. The van der Waals surface area contributed by atoms with Gasteiger partial charge in [0.1, 0.15) is 0 Å². The molecular formula is C15H26O. The molecule has 0 spiro atoms. The van der Waals surface area contributed by atoms with Crippen LogP contribution in [-0.2, 0) is 4.74 Å². The van der Waals surface area contributed by atoms with Gasteiger partial charge in [0.2, 0.25) is 0 Å². The van der Waals surface area contributed by atoms with Crippen LogP contribution in [0, 0.1) is 17.3 Å². The fraction of sp³-hybridized carbons (Fsp3) is 0.867. The molecule has 2 rings (SSSR count). The fourth-order valence-corrected chi connectivity index (χ4v) is 3.53. The Hall–Kier alpha value is -0.300. The van der Waals surface area contributed by atoms with Gasteiger partial charge >= 0.3 is 0 Å². The van der Waals surface area contributed by atoms with Crippen LogP contribution < -0.4 is 0 Å². The van der Waals surface area contributed by atoms with E-state index < -0.39 is 0 Å². The molecule has 2 fully saturated rings. The van der Waals surface area contributed by atoms with E-state index in [1.165, 1.54) is 31.3 Å². The molecule has 1 heterocycles. The van der Waals surface area contributed by atoms with Crippen LogP contribution in [0.3, 0.4) is 0 Å². The van der Waals surface area contributed by atoms with Crippen molar-refractivity contribution < 1.29 is 4.74 Å². The minimum atomic E-state index is 0.448. The highest BCUT2D eigenvalue weighted by atomic mass is 16.5. The fourth-order valence-electron chi connectivity index (χ4n) is 3.53. The summed E-state index contributed by atoms with van der Waals surface area (Å²) in [5.41, 5.74) is 2.02. The molecule has 92 valence electrons.